The van der Waals surface area contributed by atoms with E-state index in [1.165, 1.54) is 5.56 Å². The molecular weight excluding hydrogens is 262 g/mol. The van der Waals surface area contributed by atoms with Crippen LogP contribution >= 0.6 is 0 Å². The van der Waals surface area contributed by atoms with Crippen LogP contribution in [0.4, 0.5) is 0 Å². The fraction of sp³-hybridized carbons (Fsp3) is 0.588. The van der Waals surface area contributed by atoms with Gasteiger partial charge >= 0.3 is 0 Å². The Kier molecular flexibility index (Phi) is 4.56. The topological polar surface area (TPSA) is 26.8 Å². The van der Waals surface area contributed by atoms with Crippen molar-refractivity contribution in [3.05, 3.63) is 35.9 Å². The molecule has 0 spiro atoms. The molecule has 0 bridgehead atoms. The first-order chi connectivity index (χ1) is 10.2. The zero-order chi connectivity index (χ0) is 14.7. The molecule has 1 amide bonds. The molecule has 1 aromatic rings. The van der Waals surface area contributed by atoms with Crippen LogP contribution in [0.15, 0.2) is 30.3 Å². The minimum atomic E-state index is 0.318. The highest BCUT2D eigenvalue weighted by Gasteiger charge is 2.31. The van der Waals surface area contributed by atoms with Gasteiger partial charge in [-0.05, 0) is 18.5 Å². The van der Waals surface area contributed by atoms with Crippen molar-refractivity contribution in [3.8, 4) is 0 Å². The van der Waals surface area contributed by atoms with Crippen molar-refractivity contribution in [1.82, 2.24) is 14.7 Å². The predicted molar refractivity (Wildman–Crippen MR) is 83.9 cm³/mol. The van der Waals surface area contributed by atoms with Crippen LogP contribution in [0.1, 0.15) is 12.0 Å². The quantitative estimate of drug-likeness (QED) is 0.835. The number of amides is 1. The summed E-state index contributed by atoms with van der Waals surface area (Å²) in [4.78, 5) is 19.1. The van der Waals surface area contributed by atoms with E-state index in [9.17, 15) is 4.79 Å². The van der Waals surface area contributed by atoms with Crippen molar-refractivity contribution in [1.29, 1.82) is 0 Å². The van der Waals surface area contributed by atoms with E-state index in [1.54, 1.807) is 0 Å². The number of likely N-dealkylation sites (tertiary alicyclic amines) is 1. The van der Waals surface area contributed by atoms with Gasteiger partial charge in [0.2, 0.25) is 5.91 Å². The standard InChI is InChI=1S/C17H25N3O/c1-18-7-9-19(10-8-18)12-16-11-17(21)20(14-16)13-15-5-3-2-4-6-15/h2-6,16H,7-14H2,1H3/t16-/m1/s1. The van der Waals surface area contributed by atoms with E-state index in [2.05, 4.69) is 29.0 Å². The van der Waals surface area contributed by atoms with Crippen molar-refractivity contribution in [2.45, 2.75) is 13.0 Å². The molecule has 2 heterocycles. The molecule has 1 aromatic carbocycles. The molecule has 0 N–H and O–H groups in total. The van der Waals surface area contributed by atoms with Crippen LogP contribution in [0.3, 0.4) is 0 Å². The van der Waals surface area contributed by atoms with Gasteiger partial charge in [-0.3, -0.25) is 4.79 Å². The maximum Gasteiger partial charge on any atom is 0.223 e. The zero-order valence-electron chi connectivity index (χ0n) is 12.9. The largest absolute Gasteiger partial charge is 0.338 e. The summed E-state index contributed by atoms with van der Waals surface area (Å²) in [6.45, 7) is 7.33. The third-order valence-electron chi connectivity index (χ3n) is 4.62. The van der Waals surface area contributed by atoms with Gasteiger partial charge in [-0.15, -0.1) is 0 Å². The lowest BCUT2D eigenvalue weighted by molar-refractivity contribution is -0.128. The molecule has 0 unspecified atom stereocenters. The molecule has 0 aromatic heterocycles. The molecule has 2 aliphatic rings. The number of carbonyl (C=O) groups excluding carboxylic acids is 1. The fourth-order valence-corrected chi connectivity index (χ4v) is 3.33. The molecule has 2 saturated heterocycles. The molecule has 2 aliphatic heterocycles. The first kappa shape index (κ1) is 14.5. The number of hydrogen-bond acceptors (Lipinski definition) is 3. The highest BCUT2D eigenvalue weighted by Crippen LogP contribution is 2.21. The average Bonchev–Trinajstić information content (AvgIpc) is 2.82. The Balaban J connectivity index is 1.50. The molecule has 4 nitrogen and oxygen atoms in total. The number of piperazine rings is 1. The van der Waals surface area contributed by atoms with Crippen molar-refractivity contribution in [2.75, 3.05) is 46.3 Å². The minimum absolute atomic E-state index is 0.318. The van der Waals surface area contributed by atoms with Crippen molar-refractivity contribution >= 4 is 5.91 Å². The van der Waals surface area contributed by atoms with Crippen LogP contribution in [-0.4, -0.2) is 66.9 Å². The summed E-state index contributed by atoms with van der Waals surface area (Å²) >= 11 is 0. The molecule has 0 radical (unpaired) electrons. The summed E-state index contributed by atoms with van der Waals surface area (Å²) in [7, 11) is 2.18. The summed E-state index contributed by atoms with van der Waals surface area (Å²) in [5.41, 5.74) is 1.23. The molecule has 0 aliphatic carbocycles. The minimum Gasteiger partial charge on any atom is -0.338 e. The monoisotopic (exact) mass is 287 g/mol. The lowest BCUT2D eigenvalue weighted by Crippen LogP contribution is -2.46. The van der Waals surface area contributed by atoms with Crippen LogP contribution in [0, 0.1) is 5.92 Å². The fourth-order valence-electron chi connectivity index (χ4n) is 3.33. The third-order valence-corrected chi connectivity index (χ3v) is 4.62. The van der Waals surface area contributed by atoms with Gasteiger partial charge in [0.15, 0.2) is 0 Å². The summed E-state index contributed by atoms with van der Waals surface area (Å²) in [6.07, 6.45) is 0.721. The summed E-state index contributed by atoms with van der Waals surface area (Å²) < 4.78 is 0. The molecule has 21 heavy (non-hydrogen) atoms. The van der Waals surface area contributed by atoms with Gasteiger partial charge in [0.1, 0.15) is 0 Å². The molecule has 4 heteroatoms. The lowest BCUT2D eigenvalue weighted by Gasteiger charge is -2.33. The van der Waals surface area contributed by atoms with E-state index in [0.29, 0.717) is 11.8 Å². The van der Waals surface area contributed by atoms with Crippen LogP contribution in [0.25, 0.3) is 0 Å². The number of likely N-dealkylation sites (N-methyl/N-ethyl adjacent to an activating group) is 1. The number of hydrogen-bond donors (Lipinski definition) is 0. The maximum atomic E-state index is 12.2. The van der Waals surface area contributed by atoms with Gasteiger partial charge in [0.25, 0.3) is 0 Å². The van der Waals surface area contributed by atoms with Gasteiger partial charge in [-0.2, -0.15) is 0 Å². The smallest absolute Gasteiger partial charge is 0.223 e. The molecule has 114 valence electrons. The SMILES string of the molecule is CN1CCN(C[C@H]2CC(=O)N(Cc3ccccc3)C2)CC1. The van der Waals surface area contributed by atoms with Gasteiger partial charge in [-0.25, -0.2) is 0 Å². The lowest BCUT2D eigenvalue weighted by atomic mass is 10.1. The van der Waals surface area contributed by atoms with Crippen molar-refractivity contribution in [3.63, 3.8) is 0 Å². The summed E-state index contributed by atoms with van der Waals surface area (Å²) in [6, 6.07) is 10.3. The second kappa shape index (κ2) is 6.58. The van der Waals surface area contributed by atoms with Crippen LogP contribution in [-0.2, 0) is 11.3 Å². The van der Waals surface area contributed by atoms with Crippen molar-refractivity contribution < 1.29 is 4.79 Å². The number of rotatable bonds is 4. The number of nitrogens with zero attached hydrogens (tertiary/aromatic N) is 3. The molecule has 2 fully saturated rings. The highest BCUT2D eigenvalue weighted by molar-refractivity contribution is 5.78. The molecular formula is C17H25N3O. The predicted octanol–water partition coefficient (Wildman–Crippen LogP) is 1.28. The first-order valence-corrected chi connectivity index (χ1v) is 7.93. The van der Waals surface area contributed by atoms with Gasteiger partial charge < -0.3 is 14.7 Å². The van der Waals surface area contributed by atoms with E-state index < -0.39 is 0 Å². The second-order valence-corrected chi connectivity index (χ2v) is 6.43. The summed E-state index contributed by atoms with van der Waals surface area (Å²) in [5, 5.41) is 0. The Hall–Kier alpha value is -1.39. The number of carbonyl (C=O) groups is 1. The average molecular weight is 287 g/mol. The number of benzene rings is 1. The van der Waals surface area contributed by atoms with Crippen LogP contribution in [0.5, 0.6) is 0 Å². The molecule has 0 saturated carbocycles. The summed E-state index contributed by atoms with van der Waals surface area (Å²) in [5.74, 6) is 0.822. The van der Waals surface area contributed by atoms with Gasteiger partial charge in [-0.1, -0.05) is 30.3 Å². The van der Waals surface area contributed by atoms with E-state index in [0.717, 1.165) is 52.2 Å². The Morgan fingerprint density at radius 3 is 2.52 bits per heavy atom. The Labute approximate surface area is 127 Å². The van der Waals surface area contributed by atoms with Crippen LogP contribution in [0.2, 0.25) is 0 Å². The van der Waals surface area contributed by atoms with Crippen LogP contribution < -0.4 is 0 Å². The second-order valence-electron chi connectivity index (χ2n) is 6.43. The Morgan fingerprint density at radius 1 is 1.10 bits per heavy atom. The maximum absolute atomic E-state index is 12.2. The van der Waals surface area contributed by atoms with Gasteiger partial charge in [0, 0.05) is 52.2 Å². The van der Waals surface area contributed by atoms with E-state index in [1.807, 2.05) is 23.1 Å². The van der Waals surface area contributed by atoms with E-state index in [-0.39, 0.29) is 0 Å². The van der Waals surface area contributed by atoms with Gasteiger partial charge in [0.05, 0.1) is 0 Å². The Morgan fingerprint density at radius 2 is 1.81 bits per heavy atom. The highest BCUT2D eigenvalue weighted by atomic mass is 16.2. The van der Waals surface area contributed by atoms with Crippen molar-refractivity contribution in [2.24, 2.45) is 5.92 Å². The normalized spacial score (nSPS) is 24.7. The third kappa shape index (κ3) is 3.83. The molecule has 3 rings (SSSR count). The Bertz CT molecular complexity index is 468. The van der Waals surface area contributed by atoms with E-state index in [4.69, 9.17) is 0 Å². The molecule has 1 atom stereocenters. The zero-order valence-corrected chi connectivity index (χ0v) is 12.9. The first-order valence-electron chi connectivity index (χ1n) is 7.93. The van der Waals surface area contributed by atoms with E-state index >= 15 is 0 Å².